The third-order valence-electron chi connectivity index (χ3n) is 5.45. The van der Waals surface area contributed by atoms with E-state index < -0.39 is 11.6 Å². The SMILES string of the molecule is COc1ccc(-c2ccnn2Cc2ccc(F)c(F)c2)cc1CC[C@@H]1CCOC1. The Kier molecular flexibility index (Phi) is 5.90. The lowest BCUT2D eigenvalue weighted by atomic mass is 9.96. The van der Waals surface area contributed by atoms with Crippen LogP contribution in [0.4, 0.5) is 8.78 Å². The van der Waals surface area contributed by atoms with Gasteiger partial charge in [-0.25, -0.2) is 8.78 Å². The predicted octanol–water partition coefficient (Wildman–Crippen LogP) is 4.85. The van der Waals surface area contributed by atoms with Crippen LogP contribution in [-0.2, 0) is 17.7 Å². The van der Waals surface area contributed by atoms with Gasteiger partial charge in [-0.1, -0.05) is 6.07 Å². The van der Waals surface area contributed by atoms with Gasteiger partial charge in [0.05, 0.1) is 19.3 Å². The molecule has 2 heterocycles. The van der Waals surface area contributed by atoms with Crippen LogP contribution in [0.15, 0.2) is 48.7 Å². The van der Waals surface area contributed by atoms with Crippen molar-refractivity contribution in [3.8, 4) is 17.0 Å². The number of halogens is 2. The smallest absolute Gasteiger partial charge is 0.159 e. The van der Waals surface area contributed by atoms with E-state index in [2.05, 4.69) is 11.2 Å². The maximum absolute atomic E-state index is 13.6. The van der Waals surface area contributed by atoms with Gasteiger partial charge in [0.1, 0.15) is 5.75 Å². The molecule has 1 saturated heterocycles. The van der Waals surface area contributed by atoms with Gasteiger partial charge < -0.3 is 9.47 Å². The van der Waals surface area contributed by atoms with Gasteiger partial charge in [-0.15, -0.1) is 0 Å². The average molecular weight is 398 g/mol. The van der Waals surface area contributed by atoms with E-state index in [0.717, 1.165) is 61.1 Å². The summed E-state index contributed by atoms with van der Waals surface area (Å²) in [7, 11) is 1.69. The number of rotatable bonds is 7. The molecule has 0 spiro atoms. The minimum atomic E-state index is -0.848. The van der Waals surface area contributed by atoms with Crippen molar-refractivity contribution in [3.63, 3.8) is 0 Å². The predicted molar refractivity (Wildman–Crippen MR) is 107 cm³/mol. The van der Waals surface area contributed by atoms with Crippen molar-refractivity contribution in [2.45, 2.75) is 25.8 Å². The monoisotopic (exact) mass is 398 g/mol. The molecule has 0 unspecified atom stereocenters. The van der Waals surface area contributed by atoms with Gasteiger partial charge in [0.2, 0.25) is 0 Å². The van der Waals surface area contributed by atoms with Crippen LogP contribution in [0, 0.1) is 17.6 Å². The first-order valence-electron chi connectivity index (χ1n) is 9.85. The van der Waals surface area contributed by atoms with Crippen LogP contribution in [0.5, 0.6) is 5.75 Å². The van der Waals surface area contributed by atoms with Gasteiger partial charge in [-0.2, -0.15) is 5.10 Å². The zero-order valence-corrected chi connectivity index (χ0v) is 16.4. The molecule has 0 bridgehead atoms. The van der Waals surface area contributed by atoms with Crippen molar-refractivity contribution < 1.29 is 18.3 Å². The molecular formula is C23H24F2N2O2. The van der Waals surface area contributed by atoms with Crippen molar-refractivity contribution in [3.05, 3.63) is 71.4 Å². The summed E-state index contributed by atoms with van der Waals surface area (Å²) in [4.78, 5) is 0. The van der Waals surface area contributed by atoms with Crippen LogP contribution in [0.25, 0.3) is 11.3 Å². The zero-order chi connectivity index (χ0) is 20.2. The highest BCUT2D eigenvalue weighted by atomic mass is 19.2. The van der Waals surface area contributed by atoms with Crippen LogP contribution < -0.4 is 4.74 Å². The van der Waals surface area contributed by atoms with Gasteiger partial charge in [-0.3, -0.25) is 4.68 Å². The quantitative estimate of drug-likeness (QED) is 0.571. The molecular weight excluding hydrogens is 374 g/mol. The highest BCUT2D eigenvalue weighted by Crippen LogP contribution is 2.30. The Morgan fingerprint density at radius 2 is 2.03 bits per heavy atom. The van der Waals surface area contributed by atoms with Gasteiger partial charge in [0.25, 0.3) is 0 Å². The Hall–Kier alpha value is -2.73. The van der Waals surface area contributed by atoms with Gasteiger partial charge in [-0.05, 0) is 72.7 Å². The second-order valence-corrected chi connectivity index (χ2v) is 7.42. The normalized spacial score (nSPS) is 16.3. The van der Waals surface area contributed by atoms with Crippen LogP contribution in [0.3, 0.4) is 0 Å². The van der Waals surface area contributed by atoms with E-state index in [1.165, 1.54) is 6.07 Å². The van der Waals surface area contributed by atoms with E-state index in [-0.39, 0.29) is 0 Å². The number of hydrogen-bond donors (Lipinski definition) is 0. The number of nitrogens with zero attached hydrogens (tertiary/aromatic N) is 2. The molecule has 0 saturated carbocycles. The first kappa shape index (κ1) is 19.6. The fourth-order valence-corrected chi connectivity index (χ4v) is 3.82. The summed E-state index contributed by atoms with van der Waals surface area (Å²) in [6.07, 6.45) is 4.81. The Morgan fingerprint density at radius 3 is 2.79 bits per heavy atom. The maximum atomic E-state index is 13.6. The van der Waals surface area contributed by atoms with E-state index in [9.17, 15) is 8.78 Å². The van der Waals surface area contributed by atoms with Crippen LogP contribution in [-0.4, -0.2) is 30.1 Å². The summed E-state index contributed by atoms with van der Waals surface area (Å²) in [5.74, 6) is -0.220. The molecule has 0 radical (unpaired) electrons. The number of aromatic nitrogens is 2. The molecule has 0 amide bonds. The molecule has 4 rings (SSSR count). The molecule has 0 N–H and O–H groups in total. The Balaban J connectivity index is 1.57. The van der Waals surface area contributed by atoms with Crippen molar-refractivity contribution in [1.82, 2.24) is 9.78 Å². The topological polar surface area (TPSA) is 36.3 Å². The second-order valence-electron chi connectivity index (χ2n) is 7.42. The van der Waals surface area contributed by atoms with Crippen molar-refractivity contribution in [1.29, 1.82) is 0 Å². The van der Waals surface area contributed by atoms with E-state index >= 15 is 0 Å². The third-order valence-corrected chi connectivity index (χ3v) is 5.45. The van der Waals surface area contributed by atoms with E-state index in [4.69, 9.17) is 9.47 Å². The number of methoxy groups -OCH3 is 1. The molecule has 4 nitrogen and oxygen atoms in total. The summed E-state index contributed by atoms with van der Waals surface area (Å²) in [5, 5.41) is 4.37. The summed E-state index contributed by atoms with van der Waals surface area (Å²) in [5.41, 5.74) is 3.74. The summed E-state index contributed by atoms with van der Waals surface area (Å²) >= 11 is 0. The minimum Gasteiger partial charge on any atom is -0.496 e. The molecule has 29 heavy (non-hydrogen) atoms. The van der Waals surface area contributed by atoms with Crippen LogP contribution >= 0.6 is 0 Å². The van der Waals surface area contributed by atoms with Crippen LogP contribution in [0.2, 0.25) is 0 Å². The standard InChI is InChI=1S/C23H24F2N2O2/c1-28-23-7-5-18(13-19(23)4-2-16-9-11-29-15-16)22-8-10-26-27(22)14-17-3-6-20(24)21(25)12-17/h3,5-8,10,12-13,16H,2,4,9,11,14-15H2,1H3/t16-/m1/s1. The zero-order valence-electron chi connectivity index (χ0n) is 16.4. The third kappa shape index (κ3) is 4.48. The van der Waals surface area contributed by atoms with Crippen molar-refractivity contribution in [2.75, 3.05) is 20.3 Å². The molecule has 3 aromatic rings. The molecule has 1 atom stereocenters. The molecule has 1 aliphatic heterocycles. The molecule has 0 aliphatic carbocycles. The largest absolute Gasteiger partial charge is 0.496 e. The summed E-state index contributed by atoms with van der Waals surface area (Å²) in [6, 6.07) is 12.0. The number of aryl methyl sites for hydroxylation is 1. The van der Waals surface area contributed by atoms with E-state index in [1.807, 2.05) is 18.2 Å². The number of hydrogen-bond acceptors (Lipinski definition) is 3. The highest BCUT2D eigenvalue weighted by molar-refractivity contribution is 5.62. The molecule has 6 heteroatoms. The van der Waals surface area contributed by atoms with Crippen LogP contribution in [0.1, 0.15) is 24.0 Å². The molecule has 2 aromatic carbocycles. The average Bonchev–Trinajstić information content (AvgIpc) is 3.41. The summed E-state index contributed by atoms with van der Waals surface area (Å²) < 4.78 is 39.6. The fourth-order valence-electron chi connectivity index (χ4n) is 3.82. The number of benzene rings is 2. The van der Waals surface area contributed by atoms with Crippen molar-refractivity contribution >= 4 is 0 Å². The maximum Gasteiger partial charge on any atom is 0.159 e. The van der Waals surface area contributed by atoms with Crippen molar-refractivity contribution in [2.24, 2.45) is 5.92 Å². The van der Waals surface area contributed by atoms with Gasteiger partial charge in [0.15, 0.2) is 11.6 Å². The Morgan fingerprint density at radius 1 is 1.14 bits per heavy atom. The summed E-state index contributed by atoms with van der Waals surface area (Å²) in [6.45, 7) is 2.05. The molecule has 152 valence electrons. The Labute approximate surface area is 169 Å². The van der Waals surface area contributed by atoms with E-state index in [0.29, 0.717) is 18.0 Å². The fraction of sp³-hybridized carbons (Fsp3) is 0.348. The number of ether oxygens (including phenoxy) is 2. The first-order chi connectivity index (χ1) is 14.1. The Bertz CT molecular complexity index is 981. The lowest BCUT2D eigenvalue weighted by molar-refractivity contribution is 0.184. The minimum absolute atomic E-state index is 0.361. The first-order valence-corrected chi connectivity index (χ1v) is 9.85. The van der Waals surface area contributed by atoms with Gasteiger partial charge >= 0.3 is 0 Å². The van der Waals surface area contributed by atoms with Gasteiger partial charge in [0, 0.05) is 25.0 Å². The van der Waals surface area contributed by atoms with E-state index in [1.54, 1.807) is 24.1 Å². The molecule has 1 fully saturated rings. The lowest BCUT2D eigenvalue weighted by Gasteiger charge is -2.14. The molecule has 1 aliphatic rings. The second kappa shape index (κ2) is 8.74. The highest BCUT2D eigenvalue weighted by Gasteiger charge is 2.17. The lowest BCUT2D eigenvalue weighted by Crippen LogP contribution is -2.05. The molecule has 1 aromatic heterocycles.